The summed E-state index contributed by atoms with van der Waals surface area (Å²) in [4.78, 5) is 20.9. The average Bonchev–Trinajstić information content (AvgIpc) is 2.99. The monoisotopic (exact) mass is 313 g/mol. The molecule has 2 aliphatic rings. The van der Waals surface area contributed by atoms with Crippen LogP contribution in [0.2, 0.25) is 0 Å². The first kappa shape index (κ1) is 14.0. The molecule has 0 bridgehead atoms. The zero-order chi connectivity index (χ0) is 14.4. The summed E-state index contributed by atoms with van der Waals surface area (Å²) >= 11 is 12.2. The Bertz CT molecular complexity index is 514. The molecule has 1 atom stereocenters. The highest BCUT2D eigenvalue weighted by Crippen LogP contribution is 2.64. The first-order valence-electron chi connectivity index (χ1n) is 6.77. The molecule has 3 rings (SSSR count). The number of pyridine rings is 1. The maximum Gasteiger partial charge on any atom is 0.231 e. The lowest BCUT2D eigenvalue weighted by molar-refractivity contribution is -0.136. The number of anilines is 1. The molecule has 20 heavy (non-hydrogen) atoms. The van der Waals surface area contributed by atoms with Crippen molar-refractivity contribution >= 4 is 34.9 Å². The van der Waals surface area contributed by atoms with Gasteiger partial charge in [-0.2, -0.15) is 0 Å². The second kappa shape index (κ2) is 4.78. The predicted octanol–water partition coefficient (Wildman–Crippen LogP) is 2.31. The number of nitrogens with zero attached hydrogens (tertiary/aromatic N) is 3. The Morgan fingerprint density at radius 2 is 1.90 bits per heavy atom. The first-order valence-corrected chi connectivity index (χ1v) is 7.53. The smallest absolute Gasteiger partial charge is 0.231 e. The minimum absolute atomic E-state index is 0.0724. The summed E-state index contributed by atoms with van der Waals surface area (Å²) in [6, 6.07) is 5.86. The summed E-state index contributed by atoms with van der Waals surface area (Å²) in [5.74, 6) is 1.03. The summed E-state index contributed by atoms with van der Waals surface area (Å²) in [5.41, 5.74) is -0.608. The fraction of sp³-hybridized carbons (Fsp3) is 0.571. The molecule has 108 valence electrons. The van der Waals surface area contributed by atoms with Crippen LogP contribution < -0.4 is 4.90 Å². The normalized spacial score (nSPS) is 28.4. The van der Waals surface area contributed by atoms with E-state index in [0.717, 1.165) is 18.9 Å². The van der Waals surface area contributed by atoms with Crippen molar-refractivity contribution in [3.8, 4) is 0 Å². The minimum Gasteiger partial charge on any atom is -0.353 e. The van der Waals surface area contributed by atoms with Crippen LogP contribution in [0.15, 0.2) is 24.4 Å². The van der Waals surface area contributed by atoms with Gasteiger partial charge in [0.2, 0.25) is 5.91 Å². The highest BCUT2D eigenvalue weighted by molar-refractivity contribution is 6.53. The van der Waals surface area contributed by atoms with Crippen molar-refractivity contribution in [2.75, 3.05) is 31.1 Å². The van der Waals surface area contributed by atoms with Crippen LogP contribution in [0, 0.1) is 5.41 Å². The molecule has 1 saturated heterocycles. The van der Waals surface area contributed by atoms with Gasteiger partial charge in [0.25, 0.3) is 0 Å². The summed E-state index contributed by atoms with van der Waals surface area (Å²) in [6.45, 7) is 4.80. The van der Waals surface area contributed by atoms with Gasteiger partial charge in [-0.05, 0) is 25.5 Å². The number of carbonyl (C=O) groups excluding carboxylic acids is 1. The van der Waals surface area contributed by atoms with Crippen molar-refractivity contribution < 1.29 is 4.79 Å². The van der Waals surface area contributed by atoms with Gasteiger partial charge >= 0.3 is 0 Å². The van der Waals surface area contributed by atoms with Gasteiger partial charge in [0.05, 0.1) is 5.41 Å². The molecule has 4 nitrogen and oxygen atoms in total. The van der Waals surface area contributed by atoms with Crippen molar-refractivity contribution in [3.05, 3.63) is 24.4 Å². The van der Waals surface area contributed by atoms with Gasteiger partial charge in [-0.1, -0.05) is 6.07 Å². The third kappa shape index (κ3) is 2.25. The van der Waals surface area contributed by atoms with E-state index in [2.05, 4.69) is 9.88 Å². The van der Waals surface area contributed by atoms with Gasteiger partial charge < -0.3 is 9.80 Å². The largest absolute Gasteiger partial charge is 0.353 e. The number of hydrogen-bond acceptors (Lipinski definition) is 3. The molecule has 2 fully saturated rings. The molecule has 0 N–H and O–H groups in total. The number of aromatic nitrogens is 1. The summed E-state index contributed by atoms with van der Waals surface area (Å²) in [6.07, 6.45) is 2.33. The molecular formula is C14H17Cl2N3O. The van der Waals surface area contributed by atoms with E-state index in [0.29, 0.717) is 19.5 Å². The number of hydrogen-bond donors (Lipinski definition) is 0. The number of piperazine rings is 1. The van der Waals surface area contributed by atoms with Gasteiger partial charge in [-0.15, -0.1) is 23.2 Å². The van der Waals surface area contributed by atoms with E-state index < -0.39 is 9.75 Å². The number of amides is 1. The summed E-state index contributed by atoms with van der Waals surface area (Å²) < 4.78 is -0.887. The van der Waals surface area contributed by atoms with Crippen LogP contribution in [0.4, 0.5) is 5.82 Å². The molecule has 1 aliphatic heterocycles. The van der Waals surface area contributed by atoms with Gasteiger partial charge in [0.15, 0.2) is 0 Å². The first-order chi connectivity index (χ1) is 9.44. The zero-order valence-electron chi connectivity index (χ0n) is 11.4. The van der Waals surface area contributed by atoms with Crippen molar-refractivity contribution in [3.63, 3.8) is 0 Å². The Kier molecular flexibility index (Phi) is 3.33. The Morgan fingerprint density at radius 1 is 1.25 bits per heavy atom. The molecule has 1 aromatic rings. The van der Waals surface area contributed by atoms with Gasteiger partial charge in [0.1, 0.15) is 10.2 Å². The number of carbonyl (C=O) groups is 1. The predicted molar refractivity (Wildman–Crippen MR) is 80.2 cm³/mol. The highest BCUT2D eigenvalue weighted by Gasteiger charge is 2.68. The van der Waals surface area contributed by atoms with E-state index in [1.54, 1.807) is 6.20 Å². The van der Waals surface area contributed by atoms with Crippen LogP contribution in [0.3, 0.4) is 0 Å². The number of rotatable bonds is 2. The van der Waals surface area contributed by atoms with E-state index in [9.17, 15) is 4.79 Å². The van der Waals surface area contributed by atoms with Crippen molar-refractivity contribution in [1.29, 1.82) is 0 Å². The second-order valence-corrected chi connectivity index (χ2v) is 7.16. The second-order valence-electron chi connectivity index (χ2n) is 5.68. The molecule has 6 heteroatoms. The summed E-state index contributed by atoms with van der Waals surface area (Å²) in [7, 11) is 0. The van der Waals surface area contributed by atoms with E-state index in [4.69, 9.17) is 23.2 Å². The van der Waals surface area contributed by atoms with Crippen LogP contribution in [0.5, 0.6) is 0 Å². The van der Waals surface area contributed by atoms with Crippen LogP contribution >= 0.6 is 23.2 Å². The maximum atomic E-state index is 12.5. The van der Waals surface area contributed by atoms with Crippen molar-refractivity contribution in [1.82, 2.24) is 9.88 Å². The summed E-state index contributed by atoms with van der Waals surface area (Å²) in [5, 5.41) is 0. The molecule has 2 heterocycles. The Labute approximate surface area is 128 Å². The Hall–Kier alpha value is -1.000. The Balaban J connectivity index is 1.61. The number of alkyl halides is 2. The molecule has 0 aromatic carbocycles. The quantitative estimate of drug-likeness (QED) is 0.786. The topological polar surface area (TPSA) is 36.4 Å². The Morgan fingerprint density at radius 3 is 2.40 bits per heavy atom. The lowest BCUT2D eigenvalue weighted by Gasteiger charge is -2.36. The van der Waals surface area contributed by atoms with E-state index in [1.165, 1.54) is 0 Å². The SMILES string of the molecule is CC1(C(=O)N2CCN(c3ccccn3)CC2)CC1(Cl)Cl. The number of halogens is 2. The molecular weight excluding hydrogens is 297 g/mol. The average molecular weight is 314 g/mol. The maximum absolute atomic E-state index is 12.5. The fourth-order valence-electron chi connectivity index (χ4n) is 2.66. The standard InChI is InChI=1S/C14H17Cl2N3O/c1-13(10-14(13,15)16)12(20)19-8-6-18(7-9-19)11-4-2-3-5-17-11/h2-5H,6-10H2,1H3. The molecule has 1 amide bonds. The van der Waals surface area contributed by atoms with E-state index in [1.807, 2.05) is 30.0 Å². The van der Waals surface area contributed by atoms with Crippen LogP contribution in [-0.2, 0) is 4.79 Å². The molecule has 1 aliphatic carbocycles. The van der Waals surface area contributed by atoms with Crippen LogP contribution in [0.25, 0.3) is 0 Å². The van der Waals surface area contributed by atoms with Crippen LogP contribution in [-0.4, -0.2) is 46.3 Å². The van der Waals surface area contributed by atoms with E-state index in [-0.39, 0.29) is 5.91 Å². The third-order valence-corrected chi connectivity index (χ3v) is 5.37. The molecule has 0 spiro atoms. The molecule has 1 aromatic heterocycles. The van der Waals surface area contributed by atoms with Gasteiger partial charge in [-0.25, -0.2) is 4.98 Å². The lowest BCUT2D eigenvalue weighted by atomic mass is 10.1. The molecule has 1 saturated carbocycles. The van der Waals surface area contributed by atoms with Crippen LogP contribution in [0.1, 0.15) is 13.3 Å². The van der Waals surface area contributed by atoms with Gasteiger partial charge in [-0.3, -0.25) is 4.79 Å². The lowest BCUT2D eigenvalue weighted by Crippen LogP contribution is -2.51. The fourth-order valence-corrected chi connectivity index (χ4v) is 3.36. The van der Waals surface area contributed by atoms with Crippen molar-refractivity contribution in [2.24, 2.45) is 5.41 Å². The van der Waals surface area contributed by atoms with E-state index >= 15 is 0 Å². The van der Waals surface area contributed by atoms with Crippen molar-refractivity contribution in [2.45, 2.75) is 17.7 Å². The zero-order valence-corrected chi connectivity index (χ0v) is 12.9. The molecule has 0 radical (unpaired) electrons. The highest BCUT2D eigenvalue weighted by atomic mass is 35.5. The third-order valence-electron chi connectivity index (χ3n) is 4.27. The van der Waals surface area contributed by atoms with Gasteiger partial charge in [0, 0.05) is 32.4 Å². The molecule has 1 unspecified atom stereocenters. The minimum atomic E-state index is -0.887.